The fraction of sp³-hybridized carbons (Fsp3) is 0.250. The number of hydrogen-bond donors (Lipinski definition) is 2. The summed E-state index contributed by atoms with van der Waals surface area (Å²) in [4.78, 5) is 24.3. The van der Waals surface area contributed by atoms with Crippen molar-refractivity contribution < 1.29 is 14.1 Å². The van der Waals surface area contributed by atoms with Crippen molar-refractivity contribution in [2.45, 2.75) is 20.3 Å². The van der Waals surface area contributed by atoms with Gasteiger partial charge in [-0.15, -0.1) is 11.3 Å². The van der Waals surface area contributed by atoms with Crippen LogP contribution in [0, 0.1) is 6.92 Å². The summed E-state index contributed by atoms with van der Waals surface area (Å²) in [5.41, 5.74) is 5.65. The van der Waals surface area contributed by atoms with Gasteiger partial charge < -0.3 is 4.52 Å². The van der Waals surface area contributed by atoms with Crippen molar-refractivity contribution in [1.29, 1.82) is 0 Å². The van der Waals surface area contributed by atoms with Crippen LogP contribution in [-0.4, -0.2) is 17.0 Å². The molecule has 0 saturated carbocycles. The molecule has 106 valence electrons. The standard InChI is InChI=1S/C12H12BrN3O3S/c1-3-7-10(6(2)19-16-7)12(18)15-14-11(17)8-4-5-9(13)20-8/h4-5H,3H2,1-2H3,(H,14,17)(H,15,18). The van der Waals surface area contributed by atoms with E-state index in [1.54, 1.807) is 19.1 Å². The summed E-state index contributed by atoms with van der Waals surface area (Å²) in [5, 5.41) is 3.79. The molecule has 0 unspecified atom stereocenters. The Labute approximate surface area is 127 Å². The normalized spacial score (nSPS) is 10.3. The molecule has 0 spiro atoms. The van der Waals surface area contributed by atoms with Gasteiger partial charge in [0.15, 0.2) is 0 Å². The summed E-state index contributed by atoms with van der Waals surface area (Å²) in [7, 11) is 0. The number of hydrazine groups is 1. The third-order valence-electron chi connectivity index (χ3n) is 2.58. The van der Waals surface area contributed by atoms with Crippen molar-refractivity contribution in [2.75, 3.05) is 0 Å². The molecule has 0 aliphatic rings. The molecule has 2 rings (SSSR count). The Balaban J connectivity index is 2.02. The minimum Gasteiger partial charge on any atom is -0.361 e. The van der Waals surface area contributed by atoms with Crippen LogP contribution in [0.15, 0.2) is 20.4 Å². The first-order valence-corrected chi connectivity index (χ1v) is 7.45. The predicted molar refractivity (Wildman–Crippen MR) is 77.6 cm³/mol. The SMILES string of the molecule is CCc1noc(C)c1C(=O)NNC(=O)c1ccc(Br)s1. The van der Waals surface area contributed by atoms with Crippen molar-refractivity contribution in [3.05, 3.63) is 37.8 Å². The quantitative estimate of drug-likeness (QED) is 0.826. The number of carbonyl (C=O) groups is 2. The first-order chi connectivity index (χ1) is 9.52. The second kappa shape index (κ2) is 6.19. The molecule has 2 aromatic rings. The van der Waals surface area contributed by atoms with Gasteiger partial charge in [0.2, 0.25) is 0 Å². The molecule has 0 aliphatic carbocycles. The third-order valence-corrected chi connectivity index (χ3v) is 4.20. The van der Waals surface area contributed by atoms with Crippen LogP contribution in [0.5, 0.6) is 0 Å². The van der Waals surface area contributed by atoms with E-state index in [9.17, 15) is 9.59 Å². The zero-order chi connectivity index (χ0) is 14.7. The number of nitrogens with one attached hydrogen (secondary N) is 2. The zero-order valence-electron chi connectivity index (χ0n) is 10.8. The molecule has 20 heavy (non-hydrogen) atoms. The summed E-state index contributed by atoms with van der Waals surface area (Å²) < 4.78 is 5.82. The summed E-state index contributed by atoms with van der Waals surface area (Å²) in [6.45, 7) is 3.52. The number of halogens is 1. The molecule has 2 heterocycles. The van der Waals surface area contributed by atoms with Crippen molar-refractivity contribution in [3.63, 3.8) is 0 Å². The lowest BCUT2D eigenvalue weighted by atomic mass is 10.1. The van der Waals surface area contributed by atoms with Gasteiger partial charge in [0.1, 0.15) is 11.3 Å². The molecule has 8 heteroatoms. The summed E-state index contributed by atoms with van der Waals surface area (Å²) >= 11 is 4.55. The van der Waals surface area contributed by atoms with Crippen LogP contribution in [0.2, 0.25) is 0 Å². The molecule has 2 amide bonds. The van der Waals surface area contributed by atoms with E-state index in [-0.39, 0.29) is 5.91 Å². The van der Waals surface area contributed by atoms with E-state index in [0.29, 0.717) is 28.3 Å². The predicted octanol–water partition coefficient (Wildman–Crippen LogP) is 2.44. The average molecular weight is 358 g/mol. The monoisotopic (exact) mass is 357 g/mol. The molecule has 0 saturated heterocycles. The van der Waals surface area contributed by atoms with E-state index in [1.807, 2.05) is 6.92 Å². The lowest BCUT2D eigenvalue weighted by molar-refractivity contribution is 0.0847. The van der Waals surface area contributed by atoms with Gasteiger partial charge in [0.25, 0.3) is 11.8 Å². The first kappa shape index (κ1) is 14.7. The molecule has 2 aromatic heterocycles. The smallest absolute Gasteiger partial charge is 0.279 e. The maximum atomic E-state index is 12.0. The second-order valence-electron chi connectivity index (χ2n) is 3.93. The van der Waals surface area contributed by atoms with Gasteiger partial charge in [0.05, 0.1) is 14.4 Å². The Morgan fingerprint density at radius 1 is 1.35 bits per heavy atom. The van der Waals surface area contributed by atoms with Gasteiger partial charge >= 0.3 is 0 Å². The summed E-state index contributed by atoms with van der Waals surface area (Å²) in [5.74, 6) is -0.391. The molecule has 2 N–H and O–H groups in total. The summed E-state index contributed by atoms with van der Waals surface area (Å²) in [6.07, 6.45) is 0.575. The highest BCUT2D eigenvalue weighted by molar-refractivity contribution is 9.11. The number of amides is 2. The maximum absolute atomic E-state index is 12.0. The first-order valence-electron chi connectivity index (χ1n) is 5.84. The molecule has 0 atom stereocenters. The fourth-order valence-corrected chi connectivity index (χ4v) is 2.91. The van der Waals surface area contributed by atoms with Crippen molar-refractivity contribution in [1.82, 2.24) is 16.0 Å². The van der Waals surface area contributed by atoms with Crippen molar-refractivity contribution >= 4 is 39.1 Å². The molecule has 0 bridgehead atoms. The number of carbonyl (C=O) groups excluding carboxylic acids is 2. The topological polar surface area (TPSA) is 84.2 Å². The van der Waals surface area contributed by atoms with E-state index in [4.69, 9.17) is 4.52 Å². The van der Waals surface area contributed by atoms with Gasteiger partial charge in [-0.1, -0.05) is 12.1 Å². The van der Waals surface area contributed by atoms with E-state index in [1.165, 1.54) is 11.3 Å². The van der Waals surface area contributed by atoms with Crippen LogP contribution in [0.25, 0.3) is 0 Å². The second-order valence-corrected chi connectivity index (χ2v) is 6.39. The Morgan fingerprint density at radius 3 is 2.65 bits per heavy atom. The van der Waals surface area contributed by atoms with Gasteiger partial charge in [-0.2, -0.15) is 0 Å². The Bertz CT molecular complexity index is 650. The lowest BCUT2D eigenvalue weighted by Crippen LogP contribution is -2.41. The Hall–Kier alpha value is -1.67. The number of aryl methyl sites for hydroxylation is 2. The number of thiophene rings is 1. The Morgan fingerprint density at radius 2 is 2.05 bits per heavy atom. The highest BCUT2D eigenvalue weighted by Crippen LogP contribution is 2.21. The molecule has 0 fully saturated rings. The van der Waals surface area contributed by atoms with E-state index >= 15 is 0 Å². The molecular formula is C12H12BrN3O3S. The largest absolute Gasteiger partial charge is 0.361 e. The Kier molecular flexibility index (Phi) is 4.56. The summed E-state index contributed by atoms with van der Waals surface area (Å²) in [6, 6.07) is 3.43. The van der Waals surface area contributed by atoms with E-state index in [2.05, 4.69) is 31.9 Å². The van der Waals surface area contributed by atoms with E-state index < -0.39 is 5.91 Å². The van der Waals surface area contributed by atoms with Crippen LogP contribution >= 0.6 is 27.3 Å². The molecule has 0 aliphatic heterocycles. The minimum atomic E-state index is -0.440. The van der Waals surface area contributed by atoms with Gasteiger partial charge in [-0.25, -0.2) is 0 Å². The maximum Gasteiger partial charge on any atom is 0.279 e. The van der Waals surface area contributed by atoms with Crippen LogP contribution in [-0.2, 0) is 6.42 Å². The van der Waals surface area contributed by atoms with Crippen LogP contribution in [0.3, 0.4) is 0 Å². The number of nitrogens with zero attached hydrogens (tertiary/aromatic N) is 1. The number of rotatable bonds is 3. The highest BCUT2D eigenvalue weighted by atomic mass is 79.9. The number of aromatic nitrogens is 1. The van der Waals surface area contributed by atoms with Gasteiger partial charge in [0, 0.05) is 0 Å². The van der Waals surface area contributed by atoms with Crippen molar-refractivity contribution in [3.8, 4) is 0 Å². The lowest BCUT2D eigenvalue weighted by Gasteiger charge is -2.06. The van der Waals surface area contributed by atoms with Gasteiger partial charge in [-0.05, 0) is 41.4 Å². The van der Waals surface area contributed by atoms with Crippen LogP contribution in [0.1, 0.15) is 38.4 Å². The molecular weight excluding hydrogens is 346 g/mol. The van der Waals surface area contributed by atoms with E-state index in [0.717, 1.165) is 3.79 Å². The fourth-order valence-electron chi connectivity index (χ4n) is 1.62. The molecule has 0 aromatic carbocycles. The number of hydrogen-bond acceptors (Lipinski definition) is 5. The van der Waals surface area contributed by atoms with Crippen molar-refractivity contribution in [2.24, 2.45) is 0 Å². The van der Waals surface area contributed by atoms with Crippen LogP contribution in [0.4, 0.5) is 0 Å². The zero-order valence-corrected chi connectivity index (χ0v) is 13.2. The molecule has 0 radical (unpaired) electrons. The minimum absolute atomic E-state index is 0.361. The highest BCUT2D eigenvalue weighted by Gasteiger charge is 2.19. The third kappa shape index (κ3) is 3.07. The van der Waals surface area contributed by atoms with Gasteiger partial charge in [-0.3, -0.25) is 20.4 Å². The molecule has 6 nitrogen and oxygen atoms in total. The van der Waals surface area contributed by atoms with Crippen LogP contribution < -0.4 is 10.9 Å². The average Bonchev–Trinajstić information content (AvgIpc) is 3.01.